The number of hydrogen-bond acceptors (Lipinski definition) is 6. The lowest BCUT2D eigenvalue weighted by Crippen LogP contribution is -2.55. The van der Waals surface area contributed by atoms with Gasteiger partial charge in [0.1, 0.15) is 23.5 Å². The highest BCUT2D eigenvalue weighted by Gasteiger charge is 2.48. The van der Waals surface area contributed by atoms with Crippen LogP contribution in [0.15, 0.2) is 53.9 Å². The number of nitrogens with one attached hydrogen (secondary N) is 1. The van der Waals surface area contributed by atoms with Crippen molar-refractivity contribution in [2.75, 3.05) is 6.61 Å². The fraction of sp³-hybridized carbons (Fsp3) is 0.286. The molecule has 1 aromatic heterocycles. The van der Waals surface area contributed by atoms with E-state index in [-0.39, 0.29) is 24.3 Å². The highest BCUT2D eigenvalue weighted by atomic mass is 19.1. The van der Waals surface area contributed by atoms with Crippen molar-refractivity contribution in [2.24, 2.45) is 10.7 Å². The second-order valence-electron chi connectivity index (χ2n) is 7.18. The van der Waals surface area contributed by atoms with Gasteiger partial charge < -0.3 is 20.9 Å². The maximum absolute atomic E-state index is 14.9. The summed E-state index contributed by atoms with van der Waals surface area (Å²) in [4.78, 5) is 20.8. The van der Waals surface area contributed by atoms with Crippen LogP contribution in [0, 0.1) is 11.6 Å². The molecular formula is C21H20F2N4O3. The van der Waals surface area contributed by atoms with E-state index in [4.69, 9.17) is 10.5 Å². The van der Waals surface area contributed by atoms with Crippen LogP contribution < -0.4 is 11.1 Å². The smallest absolute Gasteiger partial charge is 0.267 e. The minimum Gasteiger partial charge on any atom is -0.391 e. The largest absolute Gasteiger partial charge is 0.391 e. The number of benzene rings is 1. The Morgan fingerprint density at radius 2 is 2.00 bits per heavy atom. The first-order chi connectivity index (χ1) is 14.4. The predicted octanol–water partition coefficient (Wildman–Crippen LogP) is 1.62. The molecule has 3 unspecified atom stereocenters. The predicted molar refractivity (Wildman–Crippen MR) is 105 cm³/mol. The minimum absolute atomic E-state index is 0.0230. The number of carbonyl (C=O) groups is 1. The van der Waals surface area contributed by atoms with Crippen LogP contribution in [0.5, 0.6) is 0 Å². The molecule has 7 nitrogen and oxygen atoms in total. The Morgan fingerprint density at radius 1 is 1.23 bits per heavy atom. The Balaban J connectivity index is 1.89. The zero-order valence-electron chi connectivity index (χ0n) is 15.9. The zero-order valence-corrected chi connectivity index (χ0v) is 15.9. The molecule has 3 heterocycles. The van der Waals surface area contributed by atoms with Crippen molar-refractivity contribution in [2.45, 2.75) is 30.7 Å². The van der Waals surface area contributed by atoms with Crippen molar-refractivity contribution in [3.8, 4) is 0 Å². The summed E-state index contributed by atoms with van der Waals surface area (Å²) < 4.78 is 35.4. The van der Waals surface area contributed by atoms with Gasteiger partial charge in [0.2, 0.25) is 0 Å². The van der Waals surface area contributed by atoms with Crippen LogP contribution in [0.1, 0.15) is 24.0 Å². The van der Waals surface area contributed by atoms with Crippen LogP contribution in [0.3, 0.4) is 0 Å². The average molecular weight is 414 g/mol. The van der Waals surface area contributed by atoms with Gasteiger partial charge in [0, 0.05) is 29.7 Å². The summed E-state index contributed by atoms with van der Waals surface area (Å²) >= 11 is 0. The van der Waals surface area contributed by atoms with Crippen LogP contribution in [0.4, 0.5) is 8.78 Å². The third kappa shape index (κ3) is 3.46. The van der Waals surface area contributed by atoms with Gasteiger partial charge in [-0.25, -0.2) is 13.8 Å². The molecule has 1 fully saturated rings. The number of aliphatic hydroxyl groups excluding tert-OH is 1. The number of primary amides is 1. The molecule has 156 valence electrons. The van der Waals surface area contributed by atoms with E-state index in [2.05, 4.69) is 15.3 Å². The number of nitrogens with two attached hydrogens (primary N) is 1. The summed E-state index contributed by atoms with van der Waals surface area (Å²) in [5, 5.41) is 12.8. The third-order valence-corrected chi connectivity index (χ3v) is 5.25. The lowest BCUT2D eigenvalue weighted by molar-refractivity contribution is -0.112. The van der Waals surface area contributed by atoms with Crippen LogP contribution in [0.2, 0.25) is 0 Å². The zero-order chi connectivity index (χ0) is 21.3. The Hall–Kier alpha value is -3.17. The average Bonchev–Trinajstić information content (AvgIpc) is 2.74. The molecule has 1 aromatic carbocycles. The van der Waals surface area contributed by atoms with Gasteiger partial charge in [0.25, 0.3) is 5.91 Å². The molecule has 1 saturated heterocycles. The third-order valence-electron chi connectivity index (χ3n) is 5.25. The number of aromatic nitrogens is 1. The molecule has 0 saturated carbocycles. The highest BCUT2D eigenvalue weighted by Crippen LogP contribution is 2.40. The Labute approximate surface area is 171 Å². The summed E-state index contributed by atoms with van der Waals surface area (Å²) in [7, 11) is 0. The maximum Gasteiger partial charge on any atom is 0.267 e. The molecule has 3 atom stereocenters. The van der Waals surface area contributed by atoms with Gasteiger partial charge in [-0.05, 0) is 31.0 Å². The summed E-state index contributed by atoms with van der Waals surface area (Å²) in [6.07, 6.45) is 3.61. The molecule has 0 radical (unpaired) electrons. The van der Waals surface area contributed by atoms with Gasteiger partial charge >= 0.3 is 0 Å². The molecule has 2 aliphatic rings. The molecule has 0 bridgehead atoms. The van der Waals surface area contributed by atoms with E-state index in [0.29, 0.717) is 17.6 Å². The second-order valence-corrected chi connectivity index (χ2v) is 7.18. The molecular weight excluding hydrogens is 394 g/mol. The summed E-state index contributed by atoms with van der Waals surface area (Å²) in [5.41, 5.74) is 4.19. The van der Waals surface area contributed by atoms with Crippen molar-refractivity contribution < 1.29 is 23.4 Å². The van der Waals surface area contributed by atoms with Crippen LogP contribution in [-0.4, -0.2) is 40.5 Å². The number of hydrogen-bond donors (Lipinski definition) is 3. The van der Waals surface area contributed by atoms with Crippen molar-refractivity contribution in [3.63, 3.8) is 0 Å². The molecule has 4 N–H and O–H groups in total. The van der Waals surface area contributed by atoms with Crippen LogP contribution >= 0.6 is 0 Å². The molecule has 9 heteroatoms. The molecule has 4 rings (SSSR count). The summed E-state index contributed by atoms with van der Waals surface area (Å²) in [5.74, 6) is -2.55. The Morgan fingerprint density at radius 3 is 2.60 bits per heavy atom. The van der Waals surface area contributed by atoms with Crippen molar-refractivity contribution in [1.82, 2.24) is 10.3 Å². The summed E-state index contributed by atoms with van der Waals surface area (Å²) in [6.45, 7) is -0.0230. The maximum atomic E-state index is 14.9. The normalized spacial score (nSPS) is 26.4. The first-order valence-electron chi connectivity index (χ1n) is 9.45. The Bertz CT molecular complexity index is 1000. The van der Waals surface area contributed by atoms with E-state index in [9.17, 15) is 18.7 Å². The first kappa shape index (κ1) is 20.1. The number of aliphatic hydroxyl groups is 1. The molecule has 0 spiro atoms. The topological polar surface area (TPSA) is 110 Å². The molecule has 2 aliphatic heterocycles. The molecule has 0 aliphatic carbocycles. The van der Waals surface area contributed by atoms with E-state index in [0.717, 1.165) is 12.1 Å². The SMILES string of the molecule is NC(=O)C1=NC(c2c(F)cccc2F)(C2CCC(O)CO2)NC=C1c1cccnc1. The van der Waals surface area contributed by atoms with E-state index >= 15 is 0 Å². The van der Waals surface area contributed by atoms with Gasteiger partial charge in [-0.15, -0.1) is 0 Å². The van der Waals surface area contributed by atoms with Gasteiger partial charge in [0.05, 0.1) is 18.3 Å². The van der Waals surface area contributed by atoms with Gasteiger partial charge in [-0.1, -0.05) is 12.1 Å². The number of amides is 1. The number of nitrogens with zero attached hydrogens (tertiary/aromatic N) is 2. The molecule has 2 aromatic rings. The standard InChI is InChI=1S/C21H20F2N4O3/c22-15-4-1-5-16(23)18(15)21(17-7-6-13(28)11-30-17)26-10-14(19(27-21)20(24)29)12-3-2-8-25-9-12/h1-5,8-10,13,17,26,28H,6-7,11H2,(H2,24,29). The quantitative estimate of drug-likeness (QED) is 0.704. The van der Waals surface area contributed by atoms with E-state index in [1.54, 1.807) is 18.3 Å². The monoisotopic (exact) mass is 414 g/mol. The number of carbonyl (C=O) groups excluding carboxylic acids is 1. The van der Waals surface area contributed by atoms with Crippen LogP contribution in [-0.2, 0) is 15.2 Å². The highest BCUT2D eigenvalue weighted by molar-refractivity contribution is 6.55. The van der Waals surface area contributed by atoms with Gasteiger partial charge in [0.15, 0.2) is 5.66 Å². The van der Waals surface area contributed by atoms with Crippen molar-refractivity contribution >= 4 is 17.2 Å². The fourth-order valence-electron chi connectivity index (χ4n) is 3.83. The number of rotatable bonds is 4. The number of halogens is 2. The number of aliphatic imine (C=N–C) groups is 1. The van der Waals surface area contributed by atoms with E-state index in [1.807, 2.05) is 0 Å². The lowest BCUT2D eigenvalue weighted by Gasteiger charge is -2.43. The minimum atomic E-state index is -1.77. The number of pyridine rings is 1. The van der Waals surface area contributed by atoms with Crippen molar-refractivity contribution in [1.29, 1.82) is 0 Å². The van der Waals surface area contributed by atoms with Crippen LogP contribution in [0.25, 0.3) is 5.57 Å². The summed E-state index contributed by atoms with van der Waals surface area (Å²) in [6, 6.07) is 6.85. The number of ether oxygens (including phenoxy) is 1. The second kappa shape index (κ2) is 7.92. The Kier molecular flexibility index (Phi) is 5.31. The first-order valence-corrected chi connectivity index (χ1v) is 9.45. The van der Waals surface area contributed by atoms with E-state index in [1.165, 1.54) is 18.5 Å². The fourth-order valence-corrected chi connectivity index (χ4v) is 3.83. The molecule has 1 amide bonds. The van der Waals surface area contributed by atoms with Gasteiger partial charge in [-0.2, -0.15) is 0 Å². The van der Waals surface area contributed by atoms with Crippen molar-refractivity contribution in [3.05, 3.63) is 71.7 Å². The lowest BCUT2D eigenvalue weighted by atomic mass is 9.85. The molecule has 30 heavy (non-hydrogen) atoms. The van der Waals surface area contributed by atoms with E-state index < -0.39 is 35.4 Å². The van der Waals surface area contributed by atoms with Gasteiger partial charge in [-0.3, -0.25) is 9.78 Å².